The van der Waals surface area contributed by atoms with Gasteiger partial charge in [0.2, 0.25) is 0 Å². The Balaban J connectivity index is 0.00000221. The molecule has 2 aliphatic rings. The zero-order chi connectivity index (χ0) is 29.8. The number of halogens is 2. The summed E-state index contributed by atoms with van der Waals surface area (Å²) in [5.41, 5.74) is 15.8. The molecule has 0 saturated heterocycles. The Labute approximate surface area is 285 Å². The van der Waals surface area contributed by atoms with Crippen LogP contribution in [0.1, 0.15) is 82.2 Å². The normalized spacial score (nSPS) is 15.2. The van der Waals surface area contributed by atoms with E-state index in [9.17, 15) is 0 Å². The second-order valence-electron chi connectivity index (χ2n) is 13.6. The minimum absolute atomic E-state index is 0. The summed E-state index contributed by atoms with van der Waals surface area (Å²) in [7, 11) is 0. The van der Waals surface area contributed by atoms with Crippen LogP contribution in [0, 0.1) is 39.0 Å². The maximum Gasteiger partial charge on any atom is -1.00 e. The second-order valence-corrected chi connectivity index (χ2v) is 19.7. The first-order chi connectivity index (χ1) is 20.0. The van der Waals surface area contributed by atoms with E-state index in [-0.39, 0.29) is 30.2 Å². The van der Waals surface area contributed by atoms with Crippen LogP contribution < -0.4 is 24.8 Å². The van der Waals surface area contributed by atoms with E-state index in [0.717, 1.165) is 6.42 Å². The summed E-state index contributed by atoms with van der Waals surface area (Å²) in [6.07, 6.45) is 6.45. The van der Waals surface area contributed by atoms with Crippen LogP contribution in [0.25, 0.3) is 11.1 Å². The van der Waals surface area contributed by atoms with E-state index in [4.69, 9.17) is 0 Å². The topological polar surface area (TPSA) is 0 Å². The van der Waals surface area contributed by atoms with Gasteiger partial charge >= 0.3 is 263 Å². The Hall–Kier alpha value is -2.31. The first-order valence-corrected chi connectivity index (χ1v) is 19.5. The van der Waals surface area contributed by atoms with Gasteiger partial charge in [0, 0.05) is 0 Å². The van der Waals surface area contributed by atoms with Gasteiger partial charge in [-0.2, -0.15) is 0 Å². The van der Waals surface area contributed by atoms with Crippen molar-refractivity contribution in [2.24, 2.45) is 11.3 Å². The Morgan fingerprint density at radius 1 is 0.636 bits per heavy atom. The van der Waals surface area contributed by atoms with Crippen LogP contribution >= 0.6 is 0 Å². The van der Waals surface area contributed by atoms with Crippen molar-refractivity contribution in [1.82, 2.24) is 0 Å². The second kappa shape index (κ2) is 13.6. The molecule has 226 valence electrons. The van der Waals surface area contributed by atoms with Crippen molar-refractivity contribution in [3.05, 3.63) is 150 Å². The molecule has 44 heavy (non-hydrogen) atoms. The molecule has 6 rings (SSSR count). The van der Waals surface area contributed by atoms with Crippen LogP contribution in [0.2, 0.25) is 0 Å². The van der Waals surface area contributed by atoms with Gasteiger partial charge in [0.1, 0.15) is 0 Å². The molecule has 4 aromatic carbocycles. The van der Waals surface area contributed by atoms with Crippen molar-refractivity contribution in [2.45, 2.75) is 65.4 Å². The minimum atomic E-state index is -2.79. The van der Waals surface area contributed by atoms with Crippen LogP contribution in [0.15, 0.2) is 106 Å². The summed E-state index contributed by atoms with van der Waals surface area (Å²) in [6.45, 7) is 18.5. The van der Waals surface area contributed by atoms with E-state index in [1.54, 1.807) is 17.6 Å². The Bertz CT molecular complexity index is 1660. The smallest absolute Gasteiger partial charge is 1.00 e. The van der Waals surface area contributed by atoms with Gasteiger partial charge in [0.15, 0.2) is 0 Å². The van der Waals surface area contributed by atoms with Gasteiger partial charge in [-0.05, 0) is 0 Å². The van der Waals surface area contributed by atoms with Crippen molar-refractivity contribution in [2.75, 3.05) is 0 Å². The Morgan fingerprint density at radius 3 is 1.48 bits per heavy atom. The molecule has 3 heteroatoms. The van der Waals surface area contributed by atoms with Gasteiger partial charge in [-0.3, -0.25) is 0 Å². The molecule has 4 aromatic rings. The first-order valence-electron chi connectivity index (χ1n) is 15.6. The molecular weight excluding hydrogens is 655 g/mol. The number of benzene rings is 4. The third-order valence-corrected chi connectivity index (χ3v) is 17.8. The van der Waals surface area contributed by atoms with E-state index in [2.05, 4.69) is 152 Å². The molecule has 0 aromatic heterocycles. The van der Waals surface area contributed by atoms with Crippen molar-refractivity contribution < 1.29 is 46.1 Å². The maximum absolute atomic E-state index is 2.79. The number of hydrogen-bond donors (Lipinski definition) is 0. The first kappa shape index (κ1) is 34.6. The molecular formula is C41H44Cl2Zr. The van der Waals surface area contributed by atoms with E-state index in [0.29, 0.717) is 9.54 Å². The van der Waals surface area contributed by atoms with Gasteiger partial charge in [-0.1, -0.05) is 0 Å². The summed E-state index contributed by atoms with van der Waals surface area (Å²) in [4.78, 5) is 0. The minimum Gasteiger partial charge on any atom is -1.00 e. The van der Waals surface area contributed by atoms with E-state index in [1.165, 1.54) is 50.1 Å². The van der Waals surface area contributed by atoms with Crippen molar-refractivity contribution in [3.63, 3.8) is 0 Å². The van der Waals surface area contributed by atoms with Crippen LogP contribution in [0.4, 0.5) is 0 Å². The average molecular weight is 699 g/mol. The number of allylic oxidation sites excluding steroid dienone is 4. The number of hydrogen-bond acceptors (Lipinski definition) is 0. The van der Waals surface area contributed by atoms with E-state index in [1.807, 2.05) is 0 Å². The van der Waals surface area contributed by atoms with Gasteiger partial charge in [-0.15, -0.1) is 0 Å². The van der Waals surface area contributed by atoms with Gasteiger partial charge in [0.25, 0.3) is 0 Å². The summed E-state index contributed by atoms with van der Waals surface area (Å²) < 4.78 is 3.83. The third-order valence-electron chi connectivity index (χ3n) is 9.27. The fraction of sp³-hybridized carbons (Fsp3) is 0.293. The van der Waals surface area contributed by atoms with Crippen molar-refractivity contribution in [3.8, 4) is 11.1 Å². The molecule has 0 fully saturated rings. The van der Waals surface area contributed by atoms with Crippen molar-refractivity contribution >= 4 is 3.21 Å². The van der Waals surface area contributed by atoms with Crippen LogP contribution in [0.3, 0.4) is 0 Å². The zero-order valence-electron chi connectivity index (χ0n) is 27.4. The molecule has 2 aliphatic carbocycles. The quantitative estimate of drug-likeness (QED) is 0.282. The van der Waals surface area contributed by atoms with Gasteiger partial charge < -0.3 is 24.8 Å². The molecule has 0 heterocycles. The van der Waals surface area contributed by atoms with Gasteiger partial charge in [0.05, 0.1) is 0 Å². The van der Waals surface area contributed by atoms with Crippen molar-refractivity contribution in [1.29, 1.82) is 0 Å². The van der Waals surface area contributed by atoms with Crippen LogP contribution in [-0.2, 0) is 21.3 Å². The molecule has 0 radical (unpaired) electrons. The van der Waals surface area contributed by atoms with E-state index < -0.39 is 21.3 Å². The fourth-order valence-electron chi connectivity index (χ4n) is 6.90. The predicted molar refractivity (Wildman–Crippen MR) is 178 cm³/mol. The summed E-state index contributed by atoms with van der Waals surface area (Å²) in [5.74, 6) is 0.502. The standard InChI is InChI=1S/C15H13.C15H14.C11H17.2ClH.Zr/c1-10-3-5-14-12(7-10)9-13-8-11(2)4-6-15(13)14;1-12-3-7-14(8-4-12)11-15-9-5-13(2)6-10-15;1-5-9-6-7-10(8-9)11(2,3)4;;;/h3-9H,1-2H3;3-10H,1-2H3;7-9H,5H2,1-4H3;2*1H;/q;;;;;+2/p-2. The molecule has 0 bridgehead atoms. The number of fused-ring (bicyclic) bond motifs is 3. The maximum atomic E-state index is 2.68. The summed E-state index contributed by atoms with van der Waals surface area (Å²) in [5, 5.41) is 0. The van der Waals surface area contributed by atoms with Gasteiger partial charge in [-0.25, -0.2) is 0 Å². The Morgan fingerprint density at radius 2 is 1.07 bits per heavy atom. The molecule has 1 atom stereocenters. The third kappa shape index (κ3) is 6.49. The molecule has 0 spiro atoms. The molecule has 0 N–H and O–H groups in total. The monoisotopic (exact) mass is 696 g/mol. The van der Waals surface area contributed by atoms with E-state index >= 15 is 0 Å². The van der Waals surface area contributed by atoms with Crippen LogP contribution in [-0.4, -0.2) is 3.21 Å². The zero-order valence-corrected chi connectivity index (χ0v) is 31.3. The summed E-state index contributed by atoms with van der Waals surface area (Å²) in [6, 6.07) is 33.3. The molecule has 0 aliphatic heterocycles. The molecule has 1 unspecified atom stereocenters. The van der Waals surface area contributed by atoms with Crippen LogP contribution in [0.5, 0.6) is 0 Å². The number of rotatable bonds is 5. The predicted octanol–water partition coefficient (Wildman–Crippen LogP) is 4.78. The molecule has 0 amide bonds. The largest absolute Gasteiger partial charge is 1.00 e. The summed E-state index contributed by atoms with van der Waals surface area (Å²) >= 11 is -2.79. The SMILES string of the molecule is CCC1C=C(C(C)(C)C)C=[C]1[Zr+2](=[C](c1ccc(C)cc1)c1ccc(C)cc1)[CH]1c2cc(C)ccc2-c2ccc(C)cc21.[Cl-].[Cl-]. The average Bonchev–Trinajstić information content (AvgIpc) is 3.52. The molecule has 0 nitrogen and oxygen atoms in total. The fourth-order valence-corrected chi connectivity index (χ4v) is 16.6. The molecule has 0 saturated carbocycles. The Kier molecular flexibility index (Phi) is 10.7. The number of aryl methyl sites for hydroxylation is 4.